The molecule has 1 aliphatic heterocycles. The number of hydrogen-bond acceptors (Lipinski definition) is 3. The van der Waals surface area contributed by atoms with E-state index in [1.807, 2.05) is 0 Å². The Morgan fingerprint density at radius 2 is 2.44 bits per heavy atom. The van der Waals surface area contributed by atoms with Gasteiger partial charge in [-0.25, -0.2) is 4.39 Å². The normalized spacial score (nSPS) is 19.6. The zero-order chi connectivity index (χ0) is 13.0. The van der Waals surface area contributed by atoms with Crippen molar-refractivity contribution in [2.45, 2.75) is 12.5 Å². The number of amides is 1. The first-order valence-corrected chi connectivity index (χ1v) is 6.50. The van der Waals surface area contributed by atoms with Crippen LogP contribution in [0.5, 0.6) is 0 Å². The second-order valence-electron chi connectivity index (χ2n) is 4.10. The lowest BCUT2D eigenvalue weighted by molar-refractivity contribution is -0.117. The lowest BCUT2D eigenvalue weighted by Gasteiger charge is -2.23. The third-order valence-electron chi connectivity index (χ3n) is 2.64. The van der Waals surface area contributed by atoms with Crippen molar-refractivity contribution in [3.63, 3.8) is 0 Å². The molecule has 6 heteroatoms. The maximum Gasteiger partial charge on any atom is 0.226 e. The van der Waals surface area contributed by atoms with Crippen molar-refractivity contribution in [2.75, 3.05) is 25.1 Å². The molecule has 1 atom stereocenters. The third-order valence-corrected chi connectivity index (χ3v) is 3.13. The summed E-state index contributed by atoms with van der Waals surface area (Å²) >= 11 is 3.16. The van der Waals surface area contributed by atoms with Gasteiger partial charge in [0.1, 0.15) is 5.82 Å². The topological polar surface area (TPSA) is 50.4 Å². The first-order valence-electron chi connectivity index (χ1n) is 5.71. The maximum atomic E-state index is 13.5. The molecule has 98 valence electrons. The summed E-state index contributed by atoms with van der Waals surface area (Å²) in [6.07, 6.45) is 0.273. The molecule has 1 aromatic rings. The zero-order valence-corrected chi connectivity index (χ0v) is 11.3. The van der Waals surface area contributed by atoms with Crippen LogP contribution in [-0.2, 0) is 9.53 Å². The molecule has 0 radical (unpaired) electrons. The number of benzene rings is 1. The van der Waals surface area contributed by atoms with E-state index < -0.39 is 5.82 Å². The van der Waals surface area contributed by atoms with Crippen LogP contribution in [0.1, 0.15) is 6.42 Å². The largest absolute Gasteiger partial charge is 0.378 e. The highest BCUT2D eigenvalue weighted by Gasteiger charge is 2.17. The Balaban J connectivity index is 1.90. The van der Waals surface area contributed by atoms with Crippen LogP contribution in [0.2, 0.25) is 0 Å². The number of carbonyl (C=O) groups excluding carboxylic acids is 1. The van der Waals surface area contributed by atoms with Gasteiger partial charge in [0.25, 0.3) is 0 Å². The molecule has 0 saturated carbocycles. The predicted molar refractivity (Wildman–Crippen MR) is 70.0 cm³/mol. The highest BCUT2D eigenvalue weighted by atomic mass is 79.9. The van der Waals surface area contributed by atoms with Gasteiger partial charge in [0, 0.05) is 23.5 Å². The number of nitrogens with one attached hydrogen (secondary N) is 2. The Morgan fingerprint density at radius 1 is 1.61 bits per heavy atom. The number of ether oxygens (including phenoxy) is 1. The van der Waals surface area contributed by atoms with E-state index in [4.69, 9.17) is 4.74 Å². The molecule has 0 bridgehead atoms. The van der Waals surface area contributed by atoms with Crippen LogP contribution in [0, 0.1) is 5.82 Å². The van der Waals surface area contributed by atoms with Crippen LogP contribution in [-0.4, -0.2) is 31.7 Å². The molecule has 0 aromatic heterocycles. The van der Waals surface area contributed by atoms with E-state index in [9.17, 15) is 9.18 Å². The summed E-state index contributed by atoms with van der Waals surface area (Å²) in [5, 5.41) is 5.73. The van der Waals surface area contributed by atoms with Gasteiger partial charge in [-0.2, -0.15) is 0 Å². The van der Waals surface area contributed by atoms with E-state index in [0.717, 1.165) is 6.54 Å². The average Bonchev–Trinajstić information content (AvgIpc) is 2.34. The molecular weight excluding hydrogens is 303 g/mol. The quantitative estimate of drug-likeness (QED) is 0.895. The molecule has 2 N–H and O–H groups in total. The first-order chi connectivity index (χ1) is 8.65. The van der Waals surface area contributed by atoms with Gasteiger partial charge in [0.05, 0.1) is 18.9 Å². The maximum absolute atomic E-state index is 13.5. The molecule has 0 spiro atoms. The highest BCUT2D eigenvalue weighted by molar-refractivity contribution is 9.10. The summed E-state index contributed by atoms with van der Waals surface area (Å²) in [7, 11) is 0. The monoisotopic (exact) mass is 316 g/mol. The van der Waals surface area contributed by atoms with Crippen LogP contribution in [0.25, 0.3) is 0 Å². The molecule has 1 aliphatic rings. The van der Waals surface area contributed by atoms with Crippen LogP contribution in [0.15, 0.2) is 22.7 Å². The fraction of sp³-hybridized carbons (Fsp3) is 0.417. The van der Waals surface area contributed by atoms with Crippen molar-refractivity contribution < 1.29 is 13.9 Å². The second-order valence-corrected chi connectivity index (χ2v) is 5.02. The summed E-state index contributed by atoms with van der Waals surface area (Å²) in [6.45, 7) is 1.92. The average molecular weight is 317 g/mol. The minimum atomic E-state index is -0.453. The summed E-state index contributed by atoms with van der Waals surface area (Å²) in [4.78, 5) is 11.7. The first kappa shape index (κ1) is 13.5. The van der Waals surface area contributed by atoms with Gasteiger partial charge in [0.15, 0.2) is 0 Å². The highest BCUT2D eigenvalue weighted by Crippen LogP contribution is 2.19. The molecule has 1 aromatic carbocycles. The molecule has 1 saturated heterocycles. The van der Waals surface area contributed by atoms with Gasteiger partial charge in [-0.3, -0.25) is 4.79 Å². The SMILES string of the molecule is O=C(CC1COCCN1)Nc1ccc(Br)cc1F. The van der Waals surface area contributed by atoms with Gasteiger partial charge < -0.3 is 15.4 Å². The Bertz CT molecular complexity index is 436. The Hall–Kier alpha value is -0.980. The summed E-state index contributed by atoms with van der Waals surface area (Å²) < 4.78 is 19.4. The summed E-state index contributed by atoms with van der Waals surface area (Å²) in [5.74, 6) is -0.676. The number of anilines is 1. The Morgan fingerprint density at radius 3 is 3.11 bits per heavy atom. The summed E-state index contributed by atoms with van der Waals surface area (Å²) in [6, 6.07) is 4.53. The fourth-order valence-corrected chi connectivity index (χ4v) is 2.10. The van der Waals surface area contributed by atoms with Crippen molar-refractivity contribution in [3.8, 4) is 0 Å². The molecular formula is C12H14BrFN2O2. The molecule has 18 heavy (non-hydrogen) atoms. The molecule has 1 amide bonds. The summed E-state index contributed by atoms with van der Waals surface area (Å²) in [5.41, 5.74) is 0.194. The van der Waals surface area contributed by atoms with Crippen LogP contribution in [0.3, 0.4) is 0 Å². The van der Waals surface area contributed by atoms with Gasteiger partial charge in [-0.05, 0) is 18.2 Å². The third kappa shape index (κ3) is 3.76. The Kier molecular flexibility index (Phi) is 4.68. The van der Waals surface area contributed by atoms with Crippen molar-refractivity contribution in [2.24, 2.45) is 0 Å². The predicted octanol–water partition coefficient (Wildman–Crippen LogP) is 1.91. The minimum absolute atomic E-state index is 0.00254. The van der Waals surface area contributed by atoms with Crippen molar-refractivity contribution in [1.82, 2.24) is 5.32 Å². The van der Waals surface area contributed by atoms with Crippen molar-refractivity contribution in [1.29, 1.82) is 0 Å². The van der Waals surface area contributed by atoms with Crippen LogP contribution < -0.4 is 10.6 Å². The fourth-order valence-electron chi connectivity index (χ4n) is 1.77. The number of halogens is 2. The van der Waals surface area contributed by atoms with E-state index in [1.54, 1.807) is 6.07 Å². The molecule has 1 unspecified atom stereocenters. The van der Waals surface area contributed by atoms with Gasteiger partial charge >= 0.3 is 0 Å². The van der Waals surface area contributed by atoms with Gasteiger partial charge in [0.2, 0.25) is 5.91 Å². The van der Waals surface area contributed by atoms with Gasteiger partial charge in [-0.1, -0.05) is 15.9 Å². The molecule has 1 heterocycles. The molecule has 1 fully saturated rings. The molecule has 2 rings (SSSR count). The number of carbonyl (C=O) groups is 1. The second kappa shape index (κ2) is 6.26. The van der Waals surface area contributed by atoms with E-state index in [2.05, 4.69) is 26.6 Å². The smallest absolute Gasteiger partial charge is 0.226 e. The van der Waals surface area contributed by atoms with Gasteiger partial charge in [-0.15, -0.1) is 0 Å². The van der Waals surface area contributed by atoms with E-state index in [-0.39, 0.29) is 24.1 Å². The lowest BCUT2D eigenvalue weighted by atomic mass is 10.2. The van der Waals surface area contributed by atoms with Crippen LogP contribution >= 0.6 is 15.9 Å². The Labute approximate surface area is 113 Å². The standard InChI is InChI=1S/C12H14BrFN2O2/c13-8-1-2-11(10(14)5-8)16-12(17)6-9-7-18-4-3-15-9/h1-2,5,9,15H,3-4,6-7H2,(H,16,17). The lowest BCUT2D eigenvalue weighted by Crippen LogP contribution is -2.43. The number of rotatable bonds is 3. The number of hydrogen-bond donors (Lipinski definition) is 2. The van der Waals surface area contributed by atoms with Crippen molar-refractivity contribution in [3.05, 3.63) is 28.5 Å². The minimum Gasteiger partial charge on any atom is -0.378 e. The van der Waals surface area contributed by atoms with E-state index in [0.29, 0.717) is 17.7 Å². The molecule has 0 aliphatic carbocycles. The number of morpholine rings is 1. The zero-order valence-electron chi connectivity index (χ0n) is 9.71. The van der Waals surface area contributed by atoms with Crippen LogP contribution in [0.4, 0.5) is 10.1 Å². The molecule has 4 nitrogen and oxygen atoms in total. The van der Waals surface area contributed by atoms with E-state index >= 15 is 0 Å². The van der Waals surface area contributed by atoms with E-state index in [1.165, 1.54) is 12.1 Å². The van der Waals surface area contributed by atoms with Crippen molar-refractivity contribution >= 4 is 27.5 Å².